The van der Waals surface area contributed by atoms with Gasteiger partial charge in [-0.05, 0) is 73.3 Å². The first kappa shape index (κ1) is 29.9. The zero-order valence-corrected chi connectivity index (χ0v) is 20.5. The third-order valence-electron chi connectivity index (χ3n) is 6.96. The molecule has 190 valence electrons. The van der Waals surface area contributed by atoms with Crippen LogP contribution in [0.25, 0.3) is 5.70 Å². The van der Waals surface area contributed by atoms with Crippen molar-refractivity contribution >= 4 is 40.8 Å². The second kappa shape index (κ2) is 13.8. The molecule has 6 radical (unpaired) electrons. The summed E-state index contributed by atoms with van der Waals surface area (Å²) < 4.78 is 5.42. The molecule has 7 nitrogen and oxygen atoms in total. The Morgan fingerprint density at radius 3 is 2.28 bits per heavy atom. The third kappa shape index (κ3) is 9.28. The van der Waals surface area contributed by atoms with Crippen molar-refractivity contribution in [3.63, 3.8) is 0 Å². The molecule has 2 aliphatic heterocycles. The number of hydrogen-bond donors (Lipinski definition) is 4. The van der Waals surface area contributed by atoms with Gasteiger partial charge in [-0.25, -0.2) is 0 Å². The normalized spacial score (nSPS) is 22.5. The summed E-state index contributed by atoms with van der Waals surface area (Å²) >= 11 is 0. The first-order chi connectivity index (χ1) is 16.6. The van der Waals surface area contributed by atoms with E-state index in [2.05, 4.69) is 10.2 Å². The van der Waals surface area contributed by atoms with Crippen LogP contribution >= 0.6 is 0 Å². The SMILES string of the molecule is C.C1CC2CN(CC3CCOCC3)CC2C1.[B]C([B])([B])C(=O)Nc1cccc(/C(N)=C/C=C(N)N)c1. The summed E-state index contributed by atoms with van der Waals surface area (Å²) in [6, 6.07) is 6.73. The average molecular weight is 487 g/mol. The molecule has 1 amide bonds. The van der Waals surface area contributed by atoms with E-state index in [0.717, 1.165) is 31.0 Å². The molecule has 2 heterocycles. The van der Waals surface area contributed by atoms with E-state index in [1.807, 2.05) is 0 Å². The minimum absolute atomic E-state index is 0. The van der Waals surface area contributed by atoms with Gasteiger partial charge in [0.1, 0.15) is 0 Å². The molecule has 0 aromatic heterocycles. The summed E-state index contributed by atoms with van der Waals surface area (Å²) in [5.74, 6) is 2.46. The van der Waals surface area contributed by atoms with Gasteiger partial charge in [0.25, 0.3) is 0 Å². The highest BCUT2D eigenvalue weighted by Gasteiger charge is 2.36. The third-order valence-corrected chi connectivity index (χ3v) is 6.96. The molecule has 36 heavy (non-hydrogen) atoms. The Kier molecular flexibility index (Phi) is 11.5. The maximum atomic E-state index is 11.6. The van der Waals surface area contributed by atoms with Crippen molar-refractivity contribution < 1.29 is 9.53 Å². The highest BCUT2D eigenvalue weighted by Crippen LogP contribution is 2.38. The smallest absolute Gasteiger partial charge is 0.205 e. The molecule has 2 saturated heterocycles. The predicted molar refractivity (Wildman–Crippen MR) is 151 cm³/mol. The molecular weight excluding hydrogens is 447 g/mol. The number of amides is 1. The molecule has 0 spiro atoms. The van der Waals surface area contributed by atoms with Crippen molar-refractivity contribution in [1.29, 1.82) is 0 Å². The monoisotopic (exact) mass is 487 g/mol. The van der Waals surface area contributed by atoms with Gasteiger partial charge in [-0.2, -0.15) is 0 Å². The molecule has 4 rings (SSSR count). The number of anilines is 1. The number of nitrogens with one attached hydrogen (secondary N) is 1. The minimum Gasteiger partial charge on any atom is -0.398 e. The van der Waals surface area contributed by atoms with Crippen molar-refractivity contribution in [2.75, 3.05) is 38.2 Å². The molecule has 7 N–H and O–H groups in total. The molecule has 1 aromatic carbocycles. The molecule has 10 heteroatoms. The fourth-order valence-corrected chi connectivity index (χ4v) is 5.07. The summed E-state index contributed by atoms with van der Waals surface area (Å²) in [7, 11) is 15.8. The maximum Gasteiger partial charge on any atom is 0.205 e. The van der Waals surface area contributed by atoms with Crippen LogP contribution in [0.3, 0.4) is 0 Å². The molecule has 1 aromatic rings. The molecule has 1 saturated carbocycles. The Morgan fingerprint density at radius 2 is 1.69 bits per heavy atom. The molecule has 3 aliphatic rings. The Labute approximate surface area is 220 Å². The van der Waals surface area contributed by atoms with Crippen LogP contribution in [-0.4, -0.2) is 67.2 Å². The largest absolute Gasteiger partial charge is 0.398 e. The highest BCUT2D eigenvalue weighted by atomic mass is 16.5. The van der Waals surface area contributed by atoms with Crippen molar-refractivity contribution in [2.45, 2.75) is 44.6 Å². The van der Waals surface area contributed by atoms with Gasteiger partial charge in [-0.3, -0.25) is 4.79 Å². The molecule has 2 unspecified atom stereocenters. The van der Waals surface area contributed by atoms with Crippen molar-refractivity contribution in [3.05, 3.63) is 47.8 Å². The van der Waals surface area contributed by atoms with E-state index >= 15 is 0 Å². The van der Waals surface area contributed by atoms with E-state index in [-0.39, 0.29) is 13.2 Å². The van der Waals surface area contributed by atoms with Crippen LogP contribution in [0.1, 0.15) is 45.1 Å². The lowest BCUT2D eigenvalue weighted by atomic mass is 9.42. The number of benzene rings is 1. The van der Waals surface area contributed by atoms with Gasteiger partial charge < -0.3 is 32.2 Å². The number of hydrogen-bond acceptors (Lipinski definition) is 6. The van der Waals surface area contributed by atoms with Gasteiger partial charge in [0, 0.05) is 44.2 Å². The number of likely N-dealkylation sites (tertiary alicyclic amines) is 1. The van der Waals surface area contributed by atoms with Crippen molar-refractivity contribution in [2.24, 2.45) is 35.0 Å². The average Bonchev–Trinajstić information content (AvgIpc) is 3.40. The van der Waals surface area contributed by atoms with E-state index < -0.39 is 11.0 Å². The molecule has 1 aliphatic carbocycles. The number of fused-ring (bicyclic) bond motifs is 1. The zero-order chi connectivity index (χ0) is 25.4. The predicted octanol–water partition coefficient (Wildman–Crippen LogP) is 2.04. The fourth-order valence-electron chi connectivity index (χ4n) is 5.07. The maximum absolute atomic E-state index is 11.6. The van der Waals surface area contributed by atoms with Gasteiger partial charge in [0.2, 0.25) is 5.91 Å². The summed E-state index contributed by atoms with van der Waals surface area (Å²) in [6.45, 7) is 6.18. The summed E-state index contributed by atoms with van der Waals surface area (Å²) in [5, 5.41) is 0.530. The highest BCUT2D eigenvalue weighted by molar-refractivity contribution is 6.69. The number of rotatable bonds is 6. The van der Waals surface area contributed by atoms with Crippen molar-refractivity contribution in [1.82, 2.24) is 4.90 Å². The van der Waals surface area contributed by atoms with Crippen LogP contribution in [-0.2, 0) is 9.53 Å². The second-order valence-electron chi connectivity index (χ2n) is 9.98. The minimum atomic E-state index is -1.95. The number of nitrogens with two attached hydrogens (primary N) is 3. The lowest BCUT2D eigenvalue weighted by Gasteiger charge is -2.27. The van der Waals surface area contributed by atoms with Crippen LogP contribution in [0.15, 0.2) is 42.2 Å². The fraction of sp³-hybridized carbons (Fsp3) is 0.577. The van der Waals surface area contributed by atoms with Gasteiger partial charge in [-0.1, -0.05) is 31.1 Å². The van der Waals surface area contributed by atoms with Crippen LogP contribution in [0.4, 0.5) is 5.69 Å². The lowest BCUT2D eigenvalue weighted by molar-refractivity contribution is -0.115. The summed E-state index contributed by atoms with van der Waals surface area (Å²) in [5.41, 5.74) is 18.0. The van der Waals surface area contributed by atoms with E-state index in [0.29, 0.717) is 16.9 Å². The number of ether oxygens (including phenoxy) is 1. The summed E-state index contributed by atoms with van der Waals surface area (Å²) in [4.78, 5) is 14.3. The molecular formula is C26H40B3N5O2. The van der Waals surface area contributed by atoms with Crippen LogP contribution in [0.2, 0.25) is 5.11 Å². The zero-order valence-electron chi connectivity index (χ0n) is 20.5. The topological polar surface area (TPSA) is 120 Å². The molecule has 3 fully saturated rings. The van der Waals surface area contributed by atoms with Crippen LogP contribution in [0.5, 0.6) is 0 Å². The molecule has 0 bridgehead atoms. The first-order valence-corrected chi connectivity index (χ1v) is 12.4. The second-order valence-corrected chi connectivity index (χ2v) is 9.98. The summed E-state index contributed by atoms with van der Waals surface area (Å²) in [6.07, 6.45) is 10.1. The molecule has 2 atom stereocenters. The van der Waals surface area contributed by atoms with Gasteiger partial charge in [-0.15, -0.1) is 0 Å². The standard InChI is InChI=1S/C13H23NO.C12H13B3N4O.CH4/c1-2-12-9-14(10-13(12)3-1)8-11-4-6-15-7-5-11;13-12(14,15)11(20)19-8-3-1-2-7(6-8)9(16)4-5-10(17)18;/h11-13H,1-10H2;1-6H,16-18H2,(H,19,20);1H4/b;9-4-;. The van der Waals surface area contributed by atoms with E-state index in [1.165, 1.54) is 57.8 Å². The van der Waals surface area contributed by atoms with Gasteiger partial charge in [0.15, 0.2) is 0 Å². The Hall–Kier alpha value is -2.32. The quantitative estimate of drug-likeness (QED) is 0.361. The Balaban J connectivity index is 0.000000254. The number of nitrogens with zero attached hydrogens (tertiary/aromatic N) is 1. The van der Waals surface area contributed by atoms with Crippen LogP contribution < -0.4 is 22.5 Å². The Morgan fingerprint density at radius 1 is 1.06 bits per heavy atom. The van der Waals surface area contributed by atoms with E-state index in [1.54, 1.807) is 30.3 Å². The first-order valence-electron chi connectivity index (χ1n) is 12.4. The van der Waals surface area contributed by atoms with Gasteiger partial charge >= 0.3 is 0 Å². The van der Waals surface area contributed by atoms with E-state index in [9.17, 15) is 4.79 Å². The van der Waals surface area contributed by atoms with E-state index in [4.69, 9.17) is 45.5 Å². The lowest BCUT2D eigenvalue weighted by Crippen LogP contribution is -2.31. The number of carbonyl (C=O) groups excluding carboxylic acids is 1. The number of allylic oxidation sites excluding steroid dienone is 2. The van der Waals surface area contributed by atoms with Crippen LogP contribution in [0, 0.1) is 17.8 Å². The Bertz CT molecular complexity index is 897. The van der Waals surface area contributed by atoms with Crippen molar-refractivity contribution in [3.8, 4) is 0 Å². The number of carbonyl (C=O) groups is 1. The van der Waals surface area contributed by atoms with Gasteiger partial charge in [0.05, 0.1) is 29.4 Å².